The number of esters is 1. The predicted octanol–water partition coefficient (Wildman–Crippen LogP) is 3.68. The van der Waals surface area contributed by atoms with Gasteiger partial charge in [-0.3, -0.25) is 14.9 Å². The fourth-order valence-electron chi connectivity index (χ4n) is 2.71. The van der Waals surface area contributed by atoms with Gasteiger partial charge in [0.2, 0.25) is 0 Å². The van der Waals surface area contributed by atoms with Crippen molar-refractivity contribution >= 4 is 29.5 Å². The molecule has 162 valence electrons. The van der Waals surface area contributed by atoms with Crippen LogP contribution >= 0.6 is 0 Å². The zero-order valence-corrected chi connectivity index (χ0v) is 17.1. The molecule has 32 heavy (non-hydrogen) atoms. The number of non-ortho nitro benzene ring substituents is 1. The van der Waals surface area contributed by atoms with Gasteiger partial charge in [0.1, 0.15) is 5.75 Å². The van der Waals surface area contributed by atoms with Crippen molar-refractivity contribution in [2.24, 2.45) is 5.10 Å². The molecule has 3 aromatic rings. The number of para-hydroxylation sites is 1. The summed E-state index contributed by atoms with van der Waals surface area (Å²) in [5, 5.41) is 17.6. The van der Waals surface area contributed by atoms with Crippen LogP contribution in [0.2, 0.25) is 0 Å². The molecule has 0 saturated heterocycles. The van der Waals surface area contributed by atoms with Crippen LogP contribution in [0.1, 0.15) is 21.5 Å². The van der Waals surface area contributed by atoms with E-state index < -0.39 is 10.9 Å². The van der Waals surface area contributed by atoms with E-state index in [1.165, 1.54) is 30.5 Å². The summed E-state index contributed by atoms with van der Waals surface area (Å²) in [6.07, 6.45) is 1.43. The van der Waals surface area contributed by atoms with Crippen molar-refractivity contribution < 1.29 is 19.2 Å². The van der Waals surface area contributed by atoms with Crippen LogP contribution in [-0.4, -0.2) is 29.6 Å². The van der Waals surface area contributed by atoms with Gasteiger partial charge < -0.3 is 10.1 Å². The highest BCUT2D eigenvalue weighted by atomic mass is 16.6. The molecule has 0 spiro atoms. The number of benzene rings is 3. The SMILES string of the molecule is Cc1ccccc1NCC(=O)N/N=C\c1cccc(OC(=O)c2ccc([N+](=O)[O-])cc2)c1. The number of carbonyl (C=O) groups is 2. The maximum Gasteiger partial charge on any atom is 0.343 e. The number of aryl methyl sites for hydroxylation is 1. The second kappa shape index (κ2) is 10.5. The number of rotatable bonds is 8. The summed E-state index contributed by atoms with van der Waals surface area (Å²) in [5.74, 6) is -0.695. The van der Waals surface area contributed by atoms with Gasteiger partial charge in [0, 0.05) is 17.8 Å². The summed E-state index contributed by atoms with van der Waals surface area (Å²) < 4.78 is 5.30. The zero-order valence-electron chi connectivity index (χ0n) is 17.1. The third-order valence-electron chi connectivity index (χ3n) is 4.37. The van der Waals surface area contributed by atoms with E-state index in [1.54, 1.807) is 24.3 Å². The number of nitro groups is 1. The van der Waals surface area contributed by atoms with Gasteiger partial charge in [-0.05, 0) is 48.4 Å². The minimum Gasteiger partial charge on any atom is -0.423 e. The largest absolute Gasteiger partial charge is 0.423 e. The fourth-order valence-corrected chi connectivity index (χ4v) is 2.71. The van der Waals surface area contributed by atoms with Crippen molar-refractivity contribution in [3.05, 3.63) is 99.6 Å². The Morgan fingerprint density at radius 3 is 2.53 bits per heavy atom. The molecule has 0 aliphatic carbocycles. The van der Waals surface area contributed by atoms with Crippen molar-refractivity contribution in [2.45, 2.75) is 6.92 Å². The molecule has 0 aliphatic heterocycles. The van der Waals surface area contributed by atoms with E-state index in [4.69, 9.17) is 4.74 Å². The number of hydrazone groups is 1. The molecule has 0 bridgehead atoms. The van der Waals surface area contributed by atoms with Crippen molar-refractivity contribution in [1.82, 2.24) is 5.43 Å². The van der Waals surface area contributed by atoms with Gasteiger partial charge in [0.25, 0.3) is 11.6 Å². The zero-order chi connectivity index (χ0) is 22.9. The monoisotopic (exact) mass is 432 g/mol. The first kappa shape index (κ1) is 22.2. The number of nitro benzene ring substituents is 1. The molecule has 9 nitrogen and oxygen atoms in total. The van der Waals surface area contributed by atoms with Crippen LogP contribution in [0.3, 0.4) is 0 Å². The topological polar surface area (TPSA) is 123 Å². The standard InChI is InChI=1S/C23H20N4O5/c1-16-5-2-3-8-21(16)24-15-22(28)26-25-14-17-6-4-7-20(13-17)32-23(29)18-9-11-19(12-10-18)27(30)31/h2-14,24H,15H2,1H3,(H,26,28)/b25-14-. The summed E-state index contributed by atoms with van der Waals surface area (Å²) >= 11 is 0. The Kier molecular flexibility index (Phi) is 7.26. The number of hydrogen-bond acceptors (Lipinski definition) is 7. The molecule has 9 heteroatoms. The molecule has 1 amide bonds. The van der Waals surface area contributed by atoms with Gasteiger partial charge in [0.15, 0.2) is 0 Å². The lowest BCUT2D eigenvalue weighted by atomic mass is 10.2. The first-order chi connectivity index (χ1) is 15.4. The summed E-state index contributed by atoms with van der Waals surface area (Å²) in [7, 11) is 0. The molecular weight excluding hydrogens is 412 g/mol. The lowest BCUT2D eigenvalue weighted by Crippen LogP contribution is -2.26. The Hall–Kier alpha value is -4.53. The number of hydrogen-bond donors (Lipinski definition) is 2. The van der Waals surface area contributed by atoms with Crippen molar-refractivity contribution in [3.8, 4) is 5.75 Å². The van der Waals surface area contributed by atoms with Crippen molar-refractivity contribution in [3.63, 3.8) is 0 Å². The molecule has 0 aromatic heterocycles. The first-order valence-corrected chi connectivity index (χ1v) is 9.60. The van der Waals surface area contributed by atoms with Crippen LogP contribution in [0.15, 0.2) is 77.9 Å². The third kappa shape index (κ3) is 6.23. The maximum absolute atomic E-state index is 12.2. The second-order valence-electron chi connectivity index (χ2n) is 6.73. The highest BCUT2D eigenvalue weighted by Crippen LogP contribution is 2.17. The molecule has 0 atom stereocenters. The molecule has 0 fully saturated rings. The summed E-state index contributed by atoms with van der Waals surface area (Å²) in [4.78, 5) is 34.3. The molecule has 2 N–H and O–H groups in total. The quantitative estimate of drug-likeness (QED) is 0.184. The molecule has 3 aromatic carbocycles. The van der Waals surface area contributed by atoms with Crippen LogP contribution in [-0.2, 0) is 4.79 Å². The van der Waals surface area contributed by atoms with Crippen LogP contribution in [0.4, 0.5) is 11.4 Å². The van der Waals surface area contributed by atoms with Gasteiger partial charge >= 0.3 is 5.97 Å². The Balaban J connectivity index is 1.53. The molecule has 0 heterocycles. The van der Waals surface area contributed by atoms with E-state index in [0.717, 1.165) is 11.3 Å². The van der Waals surface area contributed by atoms with Gasteiger partial charge in [-0.1, -0.05) is 30.3 Å². The number of anilines is 1. The average molecular weight is 432 g/mol. The predicted molar refractivity (Wildman–Crippen MR) is 120 cm³/mol. The van der Waals surface area contributed by atoms with Crippen LogP contribution in [0.5, 0.6) is 5.75 Å². The average Bonchev–Trinajstić information content (AvgIpc) is 2.79. The Labute approximate surface area is 183 Å². The molecule has 0 aliphatic rings. The number of nitrogens with one attached hydrogen (secondary N) is 2. The smallest absolute Gasteiger partial charge is 0.343 e. The summed E-state index contributed by atoms with van der Waals surface area (Å²) in [6, 6.07) is 19.3. The highest BCUT2D eigenvalue weighted by molar-refractivity contribution is 5.91. The van der Waals surface area contributed by atoms with Crippen LogP contribution in [0.25, 0.3) is 0 Å². The lowest BCUT2D eigenvalue weighted by molar-refractivity contribution is -0.384. The molecule has 0 radical (unpaired) electrons. The van der Waals surface area contributed by atoms with Crippen molar-refractivity contribution in [1.29, 1.82) is 0 Å². The van der Waals surface area contributed by atoms with E-state index in [1.807, 2.05) is 31.2 Å². The molecule has 3 rings (SSSR count). The molecule has 0 saturated carbocycles. The van der Waals surface area contributed by atoms with Gasteiger partial charge in [-0.25, -0.2) is 10.2 Å². The Morgan fingerprint density at radius 2 is 1.81 bits per heavy atom. The number of nitrogens with zero attached hydrogens (tertiary/aromatic N) is 2. The molecular formula is C23H20N4O5. The minimum absolute atomic E-state index is 0.0646. The van der Waals surface area contributed by atoms with Gasteiger partial charge in [-0.2, -0.15) is 5.10 Å². The van der Waals surface area contributed by atoms with E-state index in [9.17, 15) is 19.7 Å². The van der Waals surface area contributed by atoms with Gasteiger partial charge in [-0.15, -0.1) is 0 Å². The Bertz CT molecular complexity index is 1160. The van der Waals surface area contributed by atoms with E-state index in [2.05, 4.69) is 15.8 Å². The highest BCUT2D eigenvalue weighted by Gasteiger charge is 2.11. The maximum atomic E-state index is 12.2. The fraction of sp³-hybridized carbons (Fsp3) is 0.0870. The third-order valence-corrected chi connectivity index (χ3v) is 4.37. The summed E-state index contributed by atoms with van der Waals surface area (Å²) in [5.41, 5.74) is 5.00. The van der Waals surface area contributed by atoms with Crippen LogP contribution in [0, 0.1) is 17.0 Å². The van der Waals surface area contributed by atoms with Crippen LogP contribution < -0.4 is 15.5 Å². The number of carbonyl (C=O) groups excluding carboxylic acids is 2. The second-order valence-corrected chi connectivity index (χ2v) is 6.73. The summed E-state index contributed by atoms with van der Waals surface area (Å²) in [6.45, 7) is 2.01. The number of ether oxygens (including phenoxy) is 1. The number of amides is 1. The van der Waals surface area contributed by atoms with Gasteiger partial charge in [0.05, 0.1) is 23.2 Å². The normalized spacial score (nSPS) is 10.5. The van der Waals surface area contributed by atoms with E-state index in [0.29, 0.717) is 5.56 Å². The van der Waals surface area contributed by atoms with E-state index >= 15 is 0 Å². The van der Waals surface area contributed by atoms with E-state index in [-0.39, 0.29) is 29.5 Å². The first-order valence-electron chi connectivity index (χ1n) is 9.60. The minimum atomic E-state index is -0.649. The Morgan fingerprint density at radius 1 is 1.06 bits per heavy atom. The molecule has 0 unspecified atom stereocenters. The van der Waals surface area contributed by atoms with Crippen molar-refractivity contribution in [2.75, 3.05) is 11.9 Å². The lowest BCUT2D eigenvalue weighted by Gasteiger charge is -2.08.